The molecule has 3 atom stereocenters. The summed E-state index contributed by atoms with van der Waals surface area (Å²) in [5.41, 5.74) is 0. The van der Waals surface area contributed by atoms with Gasteiger partial charge in [-0.25, -0.2) is 0 Å². The number of fused-ring (bicyclic) bond motifs is 1. The minimum atomic E-state index is 0.651. The van der Waals surface area contributed by atoms with E-state index in [2.05, 4.69) is 6.92 Å². The Morgan fingerprint density at radius 3 is 3.00 bits per heavy atom. The van der Waals surface area contributed by atoms with Crippen molar-refractivity contribution in [2.75, 3.05) is 6.61 Å². The summed E-state index contributed by atoms with van der Waals surface area (Å²) in [6.07, 6.45) is 7.56. The fraction of sp³-hybridized carbons (Fsp3) is 1.00. The Morgan fingerprint density at radius 2 is 2.18 bits per heavy atom. The third-order valence-electron chi connectivity index (χ3n) is 3.42. The zero-order valence-corrected chi connectivity index (χ0v) is 7.38. The highest BCUT2D eigenvalue weighted by atomic mass is 16.5. The Bertz CT molecular complexity index is 133. The van der Waals surface area contributed by atoms with E-state index in [1.807, 2.05) is 0 Å². The lowest BCUT2D eigenvalue weighted by atomic mass is 9.78. The minimum Gasteiger partial charge on any atom is -0.378 e. The van der Waals surface area contributed by atoms with Crippen molar-refractivity contribution in [3.05, 3.63) is 0 Å². The molecule has 0 aromatic carbocycles. The number of hydrogen-bond acceptors (Lipinski definition) is 1. The maximum Gasteiger partial charge on any atom is 0.0604 e. The van der Waals surface area contributed by atoms with Gasteiger partial charge in [-0.15, -0.1) is 0 Å². The monoisotopic (exact) mass is 154 g/mol. The molecule has 2 fully saturated rings. The highest BCUT2D eigenvalue weighted by Gasteiger charge is 2.33. The van der Waals surface area contributed by atoms with Gasteiger partial charge in [-0.2, -0.15) is 0 Å². The fourth-order valence-corrected chi connectivity index (χ4v) is 2.60. The summed E-state index contributed by atoms with van der Waals surface area (Å²) >= 11 is 0. The molecule has 1 aliphatic carbocycles. The van der Waals surface area contributed by atoms with Gasteiger partial charge in [-0.05, 0) is 37.5 Å². The van der Waals surface area contributed by atoms with Gasteiger partial charge in [-0.1, -0.05) is 13.3 Å². The lowest BCUT2D eigenvalue weighted by Gasteiger charge is -2.29. The van der Waals surface area contributed by atoms with Gasteiger partial charge in [0.25, 0.3) is 0 Å². The Labute approximate surface area is 69.1 Å². The van der Waals surface area contributed by atoms with Crippen LogP contribution < -0.4 is 0 Å². The summed E-state index contributed by atoms with van der Waals surface area (Å²) in [7, 11) is 0. The Balaban J connectivity index is 1.91. The van der Waals surface area contributed by atoms with E-state index in [9.17, 15) is 0 Å². The summed E-state index contributed by atoms with van der Waals surface area (Å²) in [6, 6.07) is 0. The van der Waals surface area contributed by atoms with Crippen molar-refractivity contribution >= 4 is 0 Å². The molecule has 1 saturated carbocycles. The molecular formula is C10H18O. The third-order valence-corrected chi connectivity index (χ3v) is 3.42. The van der Waals surface area contributed by atoms with Crippen LogP contribution in [0.3, 0.4) is 0 Å². The molecule has 0 radical (unpaired) electrons. The lowest BCUT2D eigenvalue weighted by molar-refractivity contribution is 0.0511. The van der Waals surface area contributed by atoms with Crippen molar-refractivity contribution in [2.24, 2.45) is 11.8 Å². The molecule has 64 valence electrons. The molecular weight excluding hydrogens is 136 g/mol. The van der Waals surface area contributed by atoms with Crippen molar-refractivity contribution < 1.29 is 4.74 Å². The summed E-state index contributed by atoms with van der Waals surface area (Å²) in [6.45, 7) is 3.35. The Hall–Kier alpha value is -0.0400. The topological polar surface area (TPSA) is 9.23 Å². The zero-order chi connectivity index (χ0) is 7.68. The van der Waals surface area contributed by atoms with Crippen LogP contribution >= 0.6 is 0 Å². The standard InChI is InChI=1S/C10H18O/c1-2-8-3-4-10-9(7-8)5-6-11-10/h8-10H,2-7H2,1H3/t8-,9?,10?/m0/s1. The predicted molar refractivity (Wildman–Crippen MR) is 45.5 cm³/mol. The van der Waals surface area contributed by atoms with Crippen molar-refractivity contribution in [1.82, 2.24) is 0 Å². The molecule has 11 heavy (non-hydrogen) atoms. The normalized spacial score (nSPS) is 43.9. The van der Waals surface area contributed by atoms with Crippen LogP contribution in [0.5, 0.6) is 0 Å². The van der Waals surface area contributed by atoms with E-state index in [0.717, 1.165) is 18.4 Å². The van der Waals surface area contributed by atoms with Crippen LogP contribution in [0.2, 0.25) is 0 Å². The molecule has 2 rings (SSSR count). The molecule has 0 spiro atoms. The van der Waals surface area contributed by atoms with Gasteiger partial charge < -0.3 is 4.74 Å². The van der Waals surface area contributed by atoms with Gasteiger partial charge in [0.1, 0.15) is 0 Å². The summed E-state index contributed by atoms with van der Waals surface area (Å²) in [5.74, 6) is 1.94. The van der Waals surface area contributed by atoms with Crippen LogP contribution in [-0.2, 0) is 4.74 Å². The first-order valence-corrected chi connectivity index (χ1v) is 5.01. The third kappa shape index (κ3) is 1.44. The summed E-state index contributed by atoms with van der Waals surface area (Å²) < 4.78 is 5.65. The average Bonchev–Trinajstić information content (AvgIpc) is 2.50. The fourth-order valence-electron chi connectivity index (χ4n) is 2.60. The quantitative estimate of drug-likeness (QED) is 0.564. The first-order chi connectivity index (χ1) is 5.40. The van der Waals surface area contributed by atoms with E-state index >= 15 is 0 Å². The van der Waals surface area contributed by atoms with Gasteiger partial charge in [0.05, 0.1) is 6.10 Å². The van der Waals surface area contributed by atoms with Crippen LogP contribution in [0, 0.1) is 11.8 Å². The van der Waals surface area contributed by atoms with Gasteiger partial charge in [0.2, 0.25) is 0 Å². The smallest absolute Gasteiger partial charge is 0.0604 e. The molecule has 1 nitrogen and oxygen atoms in total. The van der Waals surface area contributed by atoms with Crippen molar-refractivity contribution in [2.45, 2.75) is 45.1 Å². The van der Waals surface area contributed by atoms with Crippen LogP contribution in [0.15, 0.2) is 0 Å². The minimum absolute atomic E-state index is 0.651. The van der Waals surface area contributed by atoms with Crippen molar-refractivity contribution in [1.29, 1.82) is 0 Å². The molecule has 2 aliphatic rings. The van der Waals surface area contributed by atoms with E-state index in [4.69, 9.17) is 4.74 Å². The Morgan fingerprint density at radius 1 is 1.27 bits per heavy atom. The molecule has 0 N–H and O–H groups in total. The second kappa shape index (κ2) is 3.14. The molecule has 0 amide bonds. The molecule has 1 heteroatoms. The van der Waals surface area contributed by atoms with E-state index in [1.54, 1.807) is 0 Å². The molecule has 1 saturated heterocycles. The van der Waals surface area contributed by atoms with Gasteiger partial charge >= 0.3 is 0 Å². The highest BCUT2D eigenvalue weighted by molar-refractivity contribution is 4.83. The van der Waals surface area contributed by atoms with E-state index in [-0.39, 0.29) is 0 Å². The number of ether oxygens (including phenoxy) is 1. The second-order valence-electron chi connectivity index (χ2n) is 4.05. The average molecular weight is 154 g/mol. The predicted octanol–water partition coefficient (Wildman–Crippen LogP) is 2.60. The van der Waals surface area contributed by atoms with Crippen LogP contribution in [0.25, 0.3) is 0 Å². The van der Waals surface area contributed by atoms with Gasteiger partial charge in [-0.3, -0.25) is 0 Å². The summed E-state index contributed by atoms with van der Waals surface area (Å²) in [5, 5.41) is 0. The van der Waals surface area contributed by atoms with Crippen LogP contribution in [0.1, 0.15) is 39.0 Å². The van der Waals surface area contributed by atoms with Gasteiger partial charge in [0.15, 0.2) is 0 Å². The number of hydrogen-bond donors (Lipinski definition) is 0. The van der Waals surface area contributed by atoms with E-state index in [0.29, 0.717) is 6.10 Å². The second-order valence-corrected chi connectivity index (χ2v) is 4.05. The summed E-state index contributed by atoms with van der Waals surface area (Å²) in [4.78, 5) is 0. The van der Waals surface area contributed by atoms with E-state index in [1.165, 1.54) is 32.1 Å². The molecule has 0 bridgehead atoms. The lowest BCUT2D eigenvalue weighted by Crippen LogP contribution is -2.25. The van der Waals surface area contributed by atoms with Crippen molar-refractivity contribution in [3.63, 3.8) is 0 Å². The maximum atomic E-state index is 5.65. The molecule has 0 aromatic rings. The molecule has 1 heterocycles. The van der Waals surface area contributed by atoms with Crippen LogP contribution in [-0.4, -0.2) is 12.7 Å². The largest absolute Gasteiger partial charge is 0.378 e. The molecule has 1 aliphatic heterocycles. The van der Waals surface area contributed by atoms with Crippen LogP contribution in [0.4, 0.5) is 0 Å². The maximum absolute atomic E-state index is 5.65. The zero-order valence-electron chi connectivity index (χ0n) is 7.38. The highest BCUT2D eigenvalue weighted by Crippen LogP contribution is 2.38. The van der Waals surface area contributed by atoms with Crippen molar-refractivity contribution in [3.8, 4) is 0 Å². The first-order valence-electron chi connectivity index (χ1n) is 5.01. The first kappa shape index (κ1) is 7.60. The number of rotatable bonds is 1. The molecule has 0 aromatic heterocycles. The van der Waals surface area contributed by atoms with E-state index < -0.39 is 0 Å². The van der Waals surface area contributed by atoms with Gasteiger partial charge in [0, 0.05) is 6.61 Å². The SMILES string of the molecule is CC[C@H]1CCC2OCCC2C1. The Kier molecular flexibility index (Phi) is 2.17. The molecule has 2 unspecified atom stereocenters.